The van der Waals surface area contributed by atoms with E-state index < -0.39 is 29.5 Å². The van der Waals surface area contributed by atoms with E-state index in [0.717, 1.165) is 13.2 Å². The Kier molecular flexibility index (Phi) is 5.98. The number of halogens is 4. The van der Waals surface area contributed by atoms with Crippen LogP contribution in [0.4, 0.5) is 13.2 Å². The fourth-order valence-electron chi connectivity index (χ4n) is 1.22. The Morgan fingerprint density at radius 3 is 2.53 bits per heavy atom. The highest BCUT2D eigenvalue weighted by molar-refractivity contribution is 5.85. The Morgan fingerprint density at radius 2 is 2.00 bits per heavy atom. The third-order valence-electron chi connectivity index (χ3n) is 2.03. The minimum absolute atomic E-state index is 0. The number of ether oxygens (including phenoxy) is 1. The molecule has 0 aliphatic carbocycles. The molecule has 3 nitrogen and oxygen atoms in total. The van der Waals surface area contributed by atoms with Crippen molar-refractivity contribution in [2.45, 2.75) is 12.5 Å². The van der Waals surface area contributed by atoms with Gasteiger partial charge in [0.1, 0.15) is 5.82 Å². The maximum atomic E-state index is 13.2. The third-order valence-corrected chi connectivity index (χ3v) is 2.03. The molecule has 0 fully saturated rings. The van der Waals surface area contributed by atoms with Crippen molar-refractivity contribution in [3.63, 3.8) is 0 Å². The van der Waals surface area contributed by atoms with Crippen LogP contribution in [0.3, 0.4) is 0 Å². The van der Waals surface area contributed by atoms with Gasteiger partial charge in [0, 0.05) is 17.7 Å². The first-order chi connectivity index (χ1) is 7.45. The predicted molar refractivity (Wildman–Crippen MR) is 57.1 cm³/mol. The van der Waals surface area contributed by atoms with E-state index in [0.29, 0.717) is 6.07 Å². The maximum absolute atomic E-state index is 13.2. The summed E-state index contributed by atoms with van der Waals surface area (Å²) in [6, 6.07) is 0.0214. The summed E-state index contributed by atoms with van der Waals surface area (Å²) in [6.45, 7) is 0. The van der Waals surface area contributed by atoms with E-state index in [1.165, 1.54) is 0 Å². The molecule has 0 bridgehead atoms. The summed E-state index contributed by atoms with van der Waals surface area (Å²) in [6.07, 6.45) is -0.351. The van der Waals surface area contributed by atoms with E-state index in [9.17, 15) is 18.0 Å². The largest absolute Gasteiger partial charge is 0.469 e. The van der Waals surface area contributed by atoms with Gasteiger partial charge in [-0.25, -0.2) is 13.2 Å². The molecule has 1 atom stereocenters. The van der Waals surface area contributed by atoms with Crippen LogP contribution < -0.4 is 5.73 Å². The van der Waals surface area contributed by atoms with Crippen LogP contribution in [0.25, 0.3) is 0 Å². The summed E-state index contributed by atoms with van der Waals surface area (Å²) in [5.41, 5.74) is 5.05. The van der Waals surface area contributed by atoms with Gasteiger partial charge in [-0.15, -0.1) is 12.4 Å². The second kappa shape index (κ2) is 6.46. The lowest BCUT2D eigenvalue weighted by Gasteiger charge is -2.12. The first kappa shape index (κ1) is 15.7. The highest BCUT2D eigenvalue weighted by atomic mass is 35.5. The Balaban J connectivity index is 0.00000256. The average molecular weight is 270 g/mol. The fourth-order valence-corrected chi connectivity index (χ4v) is 1.22. The first-order valence-corrected chi connectivity index (χ1v) is 4.42. The molecule has 0 unspecified atom stereocenters. The zero-order valence-electron chi connectivity index (χ0n) is 8.88. The van der Waals surface area contributed by atoms with Gasteiger partial charge in [-0.2, -0.15) is 0 Å². The summed E-state index contributed by atoms with van der Waals surface area (Å²) < 4.78 is 43.2. The number of hydrogen-bond acceptors (Lipinski definition) is 3. The average Bonchev–Trinajstić information content (AvgIpc) is 2.22. The topological polar surface area (TPSA) is 52.3 Å². The molecular formula is C10H11ClF3NO2. The van der Waals surface area contributed by atoms with E-state index in [2.05, 4.69) is 4.74 Å². The van der Waals surface area contributed by atoms with Crippen LogP contribution >= 0.6 is 12.4 Å². The summed E-state index contributed by atoms with van der Waals surface area (Å²) in [5.74, 6) is -4.22. The molecule has 0 aliphatic rings. The first-order valence-electron chi connectivity index (χ1n) is 4.42. The van der Waals surface area contributed by atoms with Gasteiger partial charge in [-0.1, -0.05) is 0 Å². The summed E-state index contributed by atoms with van der Waals surface area (Å²) in [5, 5.41) is 0. The van der Waals surface area contributed by atoms with Crippen molar-refractivity contribution in [3.05, 3.63) is 35.1 Å². The SMILES string of the molecule is COC(=O)C[C@@H](N)c1cc(F)cc(F)c1F.Cl. The predicted octanol–water partition coefficient (Wildman–Crippen LogP) is 2.09. The van der Waals surface area contributed by atoms with E-state index in [1.807, 2.05) is 0 Å². The third kappa shape index (κ3) is 3.90. The number of esters is 1. The van der Waals surface area contributed by atoms with Gasteiger partial charge < -0.3 is 10.5 Å². The maximum Gasteiger partial charge on any atom is 0.307 e. The highest BCUT2D eigenvalue weighted by Gasteiger charge is 2.19. The van der Waals surface area contributed by atoms with Crippen LogP contribution in [0.1, 0.15) is 18.0 Å². The van der Waals surface area contributed by atoms with Gasteiger partial charge in [-0.3, -0.25) is 4.79 Å². The fraction of sp³-hybridized carbons (Fsp3) is 0.300. The van der Waals surface area contributed by atoms with E-state index in [1.54, 1.807) is 0 Å². The molecule has 17 heavy (non-hydrogen) atoms. The van der Waals surface area contributed by atoms with Gasteiger partial charge in [0.15, 0.2) is 11.6 Å². The molecule has 1 aromatic carbocycles. The lowest BCUT2D eigenvalue weighted by molar-refractivity contribution is -0.141. The molecule has 1 rings (SSSR count). The van der Waals surface area contributed by atoms with Crippen molar-refractivity contribution in [1.82, 2.24) is 0 Å². The van der Waals surface area contributed by atoms with Crippen LogP contribution in [0.5, 0.6) is 0 Å². The molecule has 0 aliphatic heterocycles. The number of carbonyl (C=O) groups is 1. The molecule has 0 saturated heterocycles. The van der Waals surface area contributed by atoms with Crippen molar-refractivity contribution in [2.75, 3.05) is 7.11 Å². The van der Waals surface area contributed by atoms with Crippen molar-refractivity contribution >= 4 is 18.4 Å². The number of carbonyl (C=O) groups excluding carboxylic acids is 1. The van der Waals surface area contributed by atoms with E-state index in [4.69, 9.17) is 5.73 Å². The van der Waals surface area contributed by atoms with Crippen molar-refractivity contribution in [3.8, 4) is 0 Å². The molecule has 0 spiro atoms. The Hall–Kier alpha value is -1.27. The minimum atomic E-state index is -1.34. The number of hydrogen-bond donors (Lipinski definition) is 1. The number of nitrogens with two attached hydrogens (primary N) is 1. The van der Waals surface area contributed by atoms with Gasteiger partial charge in [0.25, 0.3) is 0 Å². The number of rotatable bonds is 3. The summed E-state index contributed by atoms with van der Waals surface area (Å²) in [7, 11) is 1.14. The van der Waals surface area contributed by atoms with E-state index in [-0.39, 0.29) is 24.4 Å². The van der Waals surface area contributed by atoms with Gasteiger partial charge >= 0.3 is 5.97 Å². The van der Waals surface area contributed by atoms with Crippen LogP contribution in [0.15, 0.2) is 12.1 Å². The molecular weight excluding hydrogens is 259 g/mol. The minimum Gasteiger partial charge on any atom is -0.469 e. The quantitative estimate of drug-likeness (QED) is 0.675. The van der Waals surface area contributed by atoms with E-state index >= 15 is 0 Å². The van der Waals surface area contributed by atoms with Crippen molar-refractivity contribution < 1.29 is 22.7 Å². The lowest BCUT2D eigenvalue weighted by atomic mass is 10.0. The van der Waals surface area contributed by atoms with Crippen LogP contribution in [-0.2, 0) is 9.53 Å². The zero-order valence-corrected chi connectivity index (χ0v) is 9.69. The second-order valence-corrected chi connectivity index (χ2v) is 3.18. The van der Waals surface area contributed by atoms with Gasteiger partial charge in [-0.05, 0) is 6.07 Å². The van der Waals surface area contributed by atoms with Crippen LogP contribution in [0, 0.1) is 17.5 Å². The summed E-state index contributed by atoms with van der Waals surface area (Å²) in [4.78, 5) is 10.9. The molecule has 0 aromatic heterocycles. The molecule has 1 aromatic rings. The van der Waals surface area contributed by atoms with Gasteiger partial charge in [0.2, 0.25) is 0 Å². The van der Waals surface area contributed by atoms with Crippen molar-refractivity contribution in [1.29, 1.82) is 0 Å². The molecule has 0 heterocycles. The monoisotopic (exact) mass is 269 g/mol. The smallest absolute Gasteiger partial charge is 0.307 e. The van der Waals surface area contributed by atoms with Crippen LogP contribution in [-0.4, -0.2) is 13.1 Å². The Labute approximate surface area is 102 Å². The number of benzene rings is 1. The zero-order chi connectivity index (χ0) is 12.3. The Bertz CT molecular complexity index is 415. The molecule has 96 valence electrons. The lowest BCUT2D eigenvalue weighted by Crippen LogP contribution is -2.18. The second-order valence-electron chi connectivity index (χ2n) is 3.18. The molecule has 7 heteroatoms. The van der Waals surface area contributed by atoms with Gasteiger partial charge in [0.05, 0.1) is 13.5 Å². The molecule has 0 radical (unpaired) electrons. The summed E-state index contributed by atoms with van der Waals surface area (Å²) >= 11 is 0. The van der Waals surface area contributed by atoms with Crippen molar-refractivity contribution in [2.24, 2.45) is 5.73 Å². The molecule has 2 N–H and O–H groups in total. The molecule has 0 saturated carbocycles. The van der Waals surface area contributed by atoms with Crippen LogP contribution in [0.2, 0.25) is 0 Å². The highest BCUT2D eigenvalue weighted by Crippen LogP contribution is 2.21. The number of methoxy groups -OCH3 is 1. The normalized spacial score (nSPS) is 11.6. The Morgan fingerprint density at radius 1 is 1.41 bits per heavy atom. The molecule has 0 amide bonds. The standard InChI is InChI=1S/C10H10F3NO2.ClH/c1-16-9(15)4-8(14)6-2-5(11)3-7(12)10(6)13;/h2-3,8H,4,14H2,1H3;1H/t8-;/m1./s1.